The van der Waals surface area contributed by atoms with E-state index in [4.69, 9.17) is 4.42 Å². The van der Waals surface area contributed by atoms with Gasteiger partial charge >= 0.3 is 0 Å². The minimum absolute atomic E-state index is 0.0727. The number of rotatable bonds is 8. The van der Waals surface area contributed by atoms with Crippen molar-refractivity contribution < 1.29 is 14.0 Å². The van der Waals surface area contributed by atoms with Crippen molar-refractivity contribution >= 4 is 45.5 Å². The molecule has 4 aromatic rings. The quantitative estimate of drug-likeness (QED) is 0.289. The average molecular weight is 562 g/mol. The molecule has 0 bridgehead atoms. The van der Waals surface area contributed by atoms with Gasteiger partial charge < -0.3 is 18.8 Å². The van der Waals surface area contributed by atoms with Crippen molar-refractivity contribution in [2.45, 2.75) is 54.3 Å². The molecule has 0 radical (unpaired) electrons. The Morgan fingerprint density at radius 1 is 1.02 bits per heavy atom. The van der Waals surface area contributed by atoms with Crippen LogP contribution in [0.1, 0.15) is 42.8 Å². The number of aromatic nitrogens is 2. The Labute approximate surface area is 237 Å². The van der Waals surface area contributed by atoms with Crippen molar-refractivity contribution in [3.8, 4) is 0 Å². The SMILES string of the molecule is CCN1C(=O)C(C)(C)C(=O)N(C)c2cc(CN(CCn3ccc4oc(C)cc4c3=O)Cc3nc(C)cs3)ccc21. The number of carbonyl (C=O) groups excluding carboxylic acids is 2. The first-order valence-electron chi connectivity index (χ1n) is 13.5. The summed E-state index contributed by atoms with van der Waals surface area (Å²) in [7, 11) is 1.73. The number of furan rings is 1. The van der Waals surface area contributed by atoms with Gasteiger partial charge in [-0.2, -0.15) is 0 Å². The number of nitrogens with zero attached hydrogens (tertiary/aromatic N) is 5. The molecule has 1 aliphatic rings. The molecule has 9 nitrogen and oxygen atoms in total. The monoisotopic (exact) mass is 561 g/mol. The third kappa shape index (κ3) is 5.09. The van der Waals surface area contributed by atoms with Gasteiger partial charge in [-0.3, -0.25) is 19.3 Å². The van der Waals surface area contributed by atoms with Crippen LogP contribution in [-0.2, 0) is 29.2 Å². The van der Waals surface area contributed by atoms with E-state index in [1.807, 2.05) is 50.4 Å². The smallest absolute Gasteiger partial charge is 0.261 e. The normalized spacial score (nSPS) is 15.3. The lowest BCUT2D eigenvalue weighted by Gasteiger charge is -2.27. The summed E-state index contributed by atoms with van der Waals surface area (Å²) in [6.45, 7) is 11.9. The van der Waals surface area contributed by atoms with Gasteiger partial charge in [0.2, 0.25) is 11.8 Å². The first-order chi connectivity index (χ1) is 19.0. The van der Waals surface area contributed by atoms with Crippen LogP contribution in [0, 0.1) is 19.3 Å². The van der Waals surface area contributed by atoms with Crippen LogP contribution in [0.25, 0.3) is 11.0 Å². The second-order valence-corrected chi connectivity index (χ2v) is 11.8. The van der Waals surface area contributed by atoms with E-state index < -0.39 is 5.41 Å². The highest BCUT2D eigenvalue weighted by atomic mass is 32.1. The van der Waals surface area contributed by atoms with Gasteiger partial charge in [0.25, 0.3) is 5.56 Å². The molecule has 0 aliphatic carbocycles. The van der Waals surface area contributed by atoms with Gasteiger partial charge in [-0.25, -0.2) is 4.98 Å². The van der Waals surface area contributed by atoms with E-state index in [-0.39, 0.29) is 17.4 Å². The highest BCUT2D eigenvalue weighted by Gasteiger charge is 2.45. The van der Waals surface area contributed by atoms with Gasteiger partial charge in [0, 0.05) is 50.5 Å². The Balaban J connectivity index is 1.44. The summed E-state index contributed by atoms with van der Waals surface area (Å²) in [5.74, 6) is 0.282. The molecule has 3 aromatic heterocycles. The number of thiazole rings is 1. The van der Waals surface area contributed by atoms with E-state index in [0.717, 1.165) is 22.0 Å². The molecular weight excluding hydrogens is 526 g/mol. The van der Waals surface area contributed by atoms with Gasteiger partial charge in [-0.1, -0.05) is 6.07 Å². The third-order valence-corrected chi connectivity index (χ3v) is 8.45. The molecule has 0 spiro atoms. The van der Waals surface area contributed by atoms with Crippen LogP contribution >= 0.6 is 11.3 Å². The van der Waals surface area contributed by atoms with Crippen LogP contribution in [0.4, 0.5) is 11.4 Å². The molecule has 5 rings (SSSR count). The molecule has 40 heavy (non-hydrogen) atoms. The Bertz CT molecular complexity index is 1650. The Hall–Kier alpha value is -3.76. The van der Waals surface area contributed by atoms with E-state index in [9.17, 15) is 14.4 Å². The van der Waals surface area contributed by atoms with Crippen molar-refractivity contribution in [1.29, 1.82) is 0 Å². The summed E-state index contributed by atoms with van der Waals surface area (Å²) in [6.07, 6.45) is 1.78. The highest BCUT2D eigenvalue weighted by Crippen LogP contribution is 2.39. The number of carbonyl (C=O) groups is 2. The van der Waals surface area contributed by atoms with Gasteiger partial charge in [-0.05, 0) is 64.4 Å². The summed E-state index contributed by atoms with van der Waals surface area (Å²) < 4.78 is 7.33. The van der Waals surface area contributed by atoms with E-state index in [1.165, 1.54) is 0 Å². The molecule has 0 N–H and O–H groups in total. The molecule has 0 saturated carbocycles. The van der Waals surface area contributed by atoms with E-state index >= 15 is 0 Å². The van der Waals surface area contributed by atoms with Crippen molar-refractivity contribution in [3.63, 3.8) is 0 Å². The molecule has 0 fully saturated rings. The summed E-state index contributed by atoms with van der Waals surface area (Å²) in [5, 5.41) is 3.62. The van der Waals surface area contributed by atoms with E-state index in [0.29, 0.717) is 55.1 Å². The van der Waals surface area contributed by atoms with E-state index in [2.05, 4.69) is 9.88 Å². The first kappa shape index (κ1) is 27.8. The minimum Gasteiger partial charge on any atom is -0.461 e. The largest absolute Gasteiger partial charge is 0.461 e. The number of benzene rings is 1. The highest BCUT2D eigenvalue weighted by molar-refractivity contribution is 7.09. The molecule has 210 valence electrons. The van der Waals surface area contributed by atoms with Crippen molar-refractivity contribution in [2.24, 2.45) is 5.41 Å². The van der Waals surface area contributed by atoms with Crippen LogP contribution in [0.5, 0.6) is 0 Å². The molecule has 2 amide bonds. The van der Waals surface area contributed by atoms with Crippen LogP contribution in [0.15, 0.2) is 51.1 Å². The molecule has 0 atom stereocenters. The number of aryl methyl sites for hydroxylation is 2. The standard InChI is InChI=1S/C30H35N5O4S/c1-7-35-23-9-8-21(15-24(23)32(6)28(37)30(4,5)29(35)38)16-33(17-26-31-19(2)18-40-26)12-13-34-11-10-25-22(27(34)36)14-20(3)39-25/h8-11,14-15,18H,7,12-13,16-17H2,1-6H3. The van der Waals surface area contributed by atoms with Gasteiger partial charge in [0.15, 0.2) is 0 Å². The summed E-state index contributed by atoms with van der Waals surface area (Å²) in [6, 6.07) is 9.56. The fraction of sp³-hybridized carbons (Fsp3) is 0.400. The van der Waals surface area contributed by atoms with Crippen molar-refractivity contribution in [2.75, 3.05) is 29.9 Å². The summed E-state index contributed by atoms with van der Waals surface area (Å²) in [4.78, 5) is 49.8. The van der Waals surface area contributed by atoms with Crippen molar-refractivity contribution in [1.82, 2.24) is 14.5 Å². The Kier molecular flexibility index (Phi) is 7.41. The molecule has 4 heterocycles. The lowest BCUT2D eigenvalue weighted by molar-refractivity contribution is -0.137. The molecule has 0 saturated heterocycles. The molecule has 1 aromatic carbocycles. The average Bonchev–Trinajstić information content (AvgIpc) is 3.51. The minimum atomic E-state index is -1.15. The predicted octanol–water partition coefficient (Wildman–Crippen LogP) is 4.73. The number of pyridine rings is 1. The maximum Gasteiger partial charge on any atom is 0.261 e. The number of amides is 2. The topological polar surface area (TPSA) is 91.9 Å². The number of anilines is 2. The number of fused-ring (bicyclic) bond motifs is 2. The molecular formula is C30H35N5O4S. The zero-order valence-corrected chi connectivity index (χ0v) is 24.7. The number of hydrogen-bond donors (Lipinski definition) is 0. The zero-order chi connectivity index (χ0) is 28.8. The maximum atomic E-state index is 13.3. The fourth-order valence-electron chi connectivity index (χ4n) is 5.31. The van der Waals surface area contributed by atoms with Gasteiger partial charge in [0.05, 0.1) is 23.3 Å². The Morgan fingerprint density at radius 3 is 2.50 bits per heavy atom. The second-order valence-electron chi connectivity index (χ2n) is 10.9. The van der Waals surface area contributed by atoms with Gasteiger partial charge in [0.1, 0.15) is 21.8 Å². The molecule has 10 heteroatoms. The van der Waals surface area contributed by atoms with Gasteiger partial charge in [-0.15, -0.1) is 11.3 Å². The Morgan fingerprint density at radius 2 is 1.80 bits per heavy atom. The summed E-state index contributed by atoms with van der Waals surface area (Å²) >= 11 is 1.62. The lowest BCUT2D eigenvalue weighted by Crippen LogP contribution is -2.47. The molecule has 1 aliphatic heterocycles. The third-order valence-electron chi connectivity index (χ3n) is 7.50. The van der Waals surface area contributed by atoms with Crippen LogP contribution in [-0.4, -0.2) is 46.4 Å². The van der Waals surface area contributed by atoms with Crippen molar-refractivity contribution in [3.05, 3.63) is 74.3 Å². The lowest BCUT2D eigenvalue weighted by atomic mass is 9.90. The molecule has 0 unspecified atom stereocenters. The maximum absolute atomic E-state index is 13.3. The second kappa shape index (κ2) is 10.7. The number of hydrogen-bond acceptors (Lipinski definition) is 7. The van der Waals surface area contributed by atoms with Crippen LogP contribution in [0.2, 0.25) is 0 Å². The summed E-state index contributed by atoms with van der Waals surface area (Å²) in [5.41, 5.74) is 2.80. The predicted molar refractivity (Wildman–Crippen MR) is 158 cm³/mol. The van der Waals surface area contributed by atoms with Crippen LogP contribution < -0.4 is 15.4 Å². The zero-order valence-electron chi connectivity index (χ0n) is 23.9. The first-order valence-corrected chi connectivity index (χ1v) is 14.3. The van der Waals surface area contributed by atoms with Crippen LogP contribution in [0.3, 0.4) is 0 Å². The van der Waals surface area contributed by atoms with E-state index in [1.54, 1.807) is 58.9 Å². The fourth-order valence-corrected chi connectivity index (χ4v) is 6.13.